The molecule has 1 aliphatic rings. The lowest BCUT2D eigenvalue weighted by Gasteiger charge is -2.40. The van der Waals surface area contributed by atoms with Gasteiger partial charge in [-0.3, -0.25) is 9.59 Å². The van der Waals surface area contributed by atoms with Gasteiger partial charge >= 0.3 is 5.97 Å². The number of nitrogens with one attached hydrogen (secondary N) is 1. The number of carboxylic acid groups (broad SMARTS) is 1. The van der Waals surface area contributed by atoms with Crippen molar-refractivity contribution in [3.05, 3.63) is 35.4 Å². The van der Waals surface area contributed by atoms with Gasteiger partial charge in [0.2, 0.25) is 0 Å². The third kappa shape index (κ3) is 3.15. The monoisotopic (exact) mass is 272 g/mol. The van der Waals surface area contributed by atoms with E-state index in [1.807, 2.05) is 6.07 Å². The molecule has 1 aromatic carbocycles. The summed E-state index contributed by atoms with van der Waals surface area (Å²) in [5, 5.41) is 20.5. The van der Waals surface area contributed by atoms with Gasteiger partial charge in [0.15, 0.2) is 0 Å². The first-order valence-corrected chi connectivity index (χ1v) is 6.55. The fraction of sp³-hybridized carbons (Fsp3) is 0.400. The van der Waals surface area contributed by atoms with Crippen LogP contribution in [0.1, 0.15) is 41.6 Å². The summed E-state index contributed by atoms with van der Waals surface area (Å²) in [5.41, 5.74) is 0.560. The number of nitriles is 1. The molecule has 1 aliphatic carbocycles. The van der Waals surface area contributed by atoms with E-state index in [1.165, 1.54) is 6.07 Å². The molecule has 5 heteroatoms. The lowest BCUT2D eigenvalue weighted by molar-refractivity contribution is -0.141. The van der Waals surface area contributed by atoms with Crippen LogP contribution in [0, 0.1) is 16.7 Å². The van der Waals surface area contributed by atoms with E-state index >= 15 is 0 Å². The molecular weight excluding hydrogens is 256 g/mol. The average Bonchev–Trinajstić information content (AvgIpc) is 2.41. The highest BCUT2D eigenvalue weighted by atomic mass is 16.4. The van der Waals surface area contributed by atoms with Crippen LogP contribution in [0.25, 0.3) is 0 Å². The zero-order valence-corrected chi connectivity index (χ0v) is 11.1. The van der Waals surface area contributed by atoms with E-state index in [-0.39, 0.29) is 17.7 Å². The molecule has 1 aromatic rings. The van der Waals surface area contributed by atoms with Crippen molar-refractivity contribution in [1.82, 2.24) is 5.32 Å². The quantitative estimate of drug-likeness (QED) is 0.857. The van der Waals surface area contributed by atoms with Gasteiger partial charge in [-0.1, -0.05) is 12.5 Å². The number of carbonyl (C=O) groups excluding carboxylic acids is 1. The van der Waals surface area contributed by atoms with Crippen molar-refractivity contribution in [3.8, 4) is 6.07 Å². The summed E-state index contributed by atoms with van der Waals surface area (Å²) >= 11 is 0. The molecule has 5 nitrogen and oxygen atoms in total. The SMILES string of the molecule is N#Cc1cccc(C(=O)NCC2(CC(=O)O)CCC2)c1. The van der Waals surface area contributed by atoms with Crippen molar-refractivity contribution >= 4 is 11.9 Å². The van der Waals surface area contributed by atoms with Crippen LogP contribution >= 0.6 is 0 Å². The Bertz CT molecular complexity index is 571. The highest BCUT2D eigenvalue weighted by Crippen LogP contribution is 2.43. The maximum absolute atomic E-state index is 12.0. The van der Waals surface area contributed by atoms with E-state index in [4.69, 9.17) is 10.4 Å². The Morgan fingerprint density at radius 1 is 1.40 bits per heavy atom. The molecule has 0 unspecified atom stereocenters. The van der Waals surface area contributed by atoms with Crippen molar-refractivity contribution in [2.45, 2.75) is 25.7 Å². The van der Waals surface area contributed by atoms with Crippen LogP contribution < -0.4 is 5.32 Å². The van der Waals surface area contributed by atoms with Gasteiger partial charge in [-0.05, 0) is 36.5 Å². The number of aliphatic carboxylic acids is 1. The lowest BCUT2D eigenvalue weighted by Crippen LogP contribution is -2.43. The molecule has 2 N–H and O–H groups in total. The van der Waals surface area contributed by atoms with E-state index in [0.29, 0.717) is 17.7 Å². The Morgan fingerprint density at radius 2 is 2.15 bits per heavy atom. The van der Waals surface area contributed by atoms with E-state index in [9.17, 15) is 9.59 Å². The van der Waals surface area contributed by atoms with Crippen molar-refractivity contribution < 1.29 is 14.7 Å². The molecule has 0 radical (unpaired) electrons. The highest BCUT2D eigenvalue weighted by molar-refractivity contribution is 5.94. The Kier molecular flexibility index (Phi) is 4.04. The minimum Gasteiger partial charge on any atom is -0.481 e. The normalized spacial score (nSPS) is 15.8. The standard InChI is InChI=1S/C15H16N2O3/c16-9-11-3-1-4-12(7-11)14(20)17-10-15(5-2-6-15)8-13(18)19/h1,3-4,7H,2,5-6,8,10H2,(H,17,20)(H,18,19). The summed E-state index contributed by atoms with van der Waals surface area (Å²) in [6.45, 7) is 0.370. The van der Waals surface area contributed by atoms with E-state index in [2.05, 4.69) is 5.32 Å². The Hall–Kier alpha value is -2.35. The molecule has 1 fully saturated rings. The topological polar surface area (TPSA) is 90.2 Å². The zero-order valence-electron chi connectivity index (χ0n) is 11.1. The second kappa shape index (κ2) is 5.74. The number of benzene rings is 1. The summed E-state index contributed by atoms with van der Waals surface area (Å²) in [6, 6.07) is 8.44. The van der Waals surface area contributed by atoms with Gasteiger partial charge < -0.3 is 10.4 Å². The fourth-order valence-electron chi connectivity index (χ4n) is 2.51. The van der Waals surface area contributed by atoms with Gasteiger partial charge in [0.05, 0.1) is 18.1 Å². The number of rotatable bonds is 5. The first kappa shape index (κ1) is 14.1. The summed E-state index contributed by atoms with van der Waals surface area (Å²) in [7, 11) is 0. The first-order valence-electron chi connectivity index (χ1n) is 6.55. The van der Waals surface area contributed by atoms with E-state index in [1.54, 1.807) is 18.2 Å². The van der Waals surface area contributed by atoms with Crippen LogP contribution in [0.15, 0.2) is 24.3 Å². The van der Waals surface area contributed by atoms with Crippen molar-refractivity contribution in [3.63, 3.8) is 0 Å². The van der Waals surface area contributed by atoms with Crippen LogP contribution in [0.4, 0.5) is 0 Å². The van der Waals surface area contributed by atoms with Gasteiger partial charge in [0.25, 0.3) is 5.91 Å². The van der Waals surface area contributed by atoms with Gasteiger partial charge in [0, 0.05) is 12.1 Å². The van der Waals surface area contributed by atoms with Crippen LogP contribution in [0.5, 0.6) is 0 Å². The van der Waals surface area contributed by atoms with Gasteiger partial charge in [-0.25, -0.2) is 0 Å². The molecule has 0 aliphatic heterocycles. The molecule has 0 heterocycles. The zero-order chi connectivity index (χ0) is 14.6. The van der Waals surface area contributed by atoms with Crippen molar-refractivity contribution in [2.24, 2.45) is 5.41 Å². The number of carboxylic acids is 1. The number of hydrogen-bond donors (Lipinski definition) is 2. The third-order valence-corrected chi connectivity index (χ3v) is 3.82. The van der Waals surface area contributed by atoms with Gasteiger partial charge in [0.1, 0.15) is 0 Å². The maximum atomic E-state index is 12.0. The largest absolute Gasteiger partial charge is 0.481 e. The Morgan fingerprint density at radius 3 is 2.70 bits per heavy atom. The molecule has 0 spiro atoms. The highest BCUT2D eigenvalue weighted by Gasteiger charge is 2.39. The fourth-order valence-corrected chi connectivity index (χ4v) is 2.51. The minimum absolute atomic E-state index is 0.0888. The molecule has 1 saturated carbocycles. The van der Waals surface area contributed by atoms with Crippen LogP contribution in [-0.2, 0) is 4.79 Å². The minimum atomic E-state index is -0.828. The molecule has 104 valence electrons. The van der Waals surface area contributed by atoms with Gasteiger partial charge in [-0.15, -0.1) is 0 Å². The maximum Gasteiger partial charge on any atom is 0.303 e. The molecule has 20 heavy (non-hydrogen) atoms. The van der Waals surface area contributed by atoms with Crippen molar-refractivity contribution in [2.75, 3.05) is 6.54 Å². The van der Waals surface area contributed by atoms with Gasteiger partial charge in [-0.2, -0.15) is 5.26 Å². The average molecular weight is 272 g/mol. The van der Waals surface area contributed by atoms with Crippen LogP contribution in [-0.4, -0.2) is 23.5 Å². The van der Waals surface area contributed by atoms with E-state index < -0.39 is 5.97 Å². The number of hydrogen-bond acceptors (Lipinski definition) is 3. The molecule has 0 bridgehead atoms. The van der Waals surface area contributed by atoms with Crippen LogP contribution in [0.2, 0.25) is 0 Å². The first-order chi connectivity index (χ1) is 9.54. The van der Waals surface area contributed by atoms with Crippen LogP contribution in [0.3, 0.4) is 0 Å². The third-order valence-electron chi connectivity index (χ3n) is 3.82. The summed E-state index contributed by atoms with van der Waals surface area (Å²) in [6.07, 6.45) is 2.76. The number of amides is 1. The molecule has 0 aromatic heterocycles. The number of carbonyl (C=O) groups is 2. The molecular formula is C15H16N2O3. The molecule has 0 atom stereocenters. The van der Waals surface area contributed by atoms with E-state index in [0.717, 1.165) is 19.3 Å². The summed E-state index contributed by atoms with van der Waals surface area (Å²) in [5.74, 6) is -1.09. The summed E-state index contributed by atoms with van der Waals surface area (Å²) in [4.78, 5) is 22.9. The second-order valence-electron chi connectivity index (χ2n) is 5.30. The molecule has 2 rings (SSSR count). The predicted molar refractivity (Wildman–Crippen MR) is 72.0 cm³/mol. The lowest BCUT2D eigenvalue weighted by atomic mass is 9.66. The second-order valence-corrected chi connectivity index (χ2v) is 5.30. The number of nitrogens with zero attached hydrogens (tertiary/aromatic N) is 1. The summed E-state index contributed by atoms with van der Waals surface area (Å²) < 4.78 is 0. The predicted octanol–water partition coefficient (Wildman–Crippen LogP) is 1.93. The Balaban J connectivity index is 1.98. The Labute approximate surface area is 117 Å². The molecule has 1 amide bonds. The van der Waals surface area contributed by atoms with Crippen molar-refractivity contribution in [1.29, 1.82) is 5.26 Å². The molecule has 0 saturated heterocycles. The smallest absolute Gasteiger partial charge is 0.303 e.